The number of nitrogens with zero attached hydrogens (tertiary/aromatic N) is 3. The minimum absolute atomic E-state index is 0.156. The van der Waals surface area contributed by atoms with Gasteiger partial charge in [-0.1, -0.05) is 0 Å². The second-order valence-electron chi connectivity index (χ2n) is 4.14. The lowest BCUT2D eigenvalue weighted by atomic mass is 10.3. The van der Waals surface area contributed by atoms with Gasteiger partial charge in [-0.2, -0.15) is 0 Å². The Morgan fingerprint density at radius 2 is 2.32 bits per heavy atom. The Morgan fingerprint density at radius 1 is 1.53 bits per heavy atom. The molecule has 0 saturated heterocycles. The number of rotatable bonds is 4. The van der Waals surface area contributed by atoms with Crippen molar-refractivity contribution in [1.82, 2.24) is 20.3 Å². The first kappa shape index (κ1) is 13.6. The molecular weight excluding hydrogens is 262 g/mol. The van der Waals surface area contributed by atoms with Gasteiger partial charge in [0, 0.05) is 11.6 Å². The van der Waals surface area contributed by atoms with Crippen LogP contribution in [0.15, 0.2) is 17.6 Å². The van der Waals surface area contributed by atoms with E-state index < -0.39 is 0 Å². The molecule has 0 aliphatic carbocycles. The van der Waals surface area contributed by atoms with E-state index in [1.165, 1.54) is 11.3 Å². The maximum Gasteiger partial charge on any atom is 0.271 e. The van der Waals surface area contributed by atoms with Gasteiger partial charge in [-0.3, -0.25) is 4.79 Å². The van der Waals surface area contributed by atoms with E-state index in [9.17, 15) is 4.79 Å². The first-order chi connectivity index (χ1) is 9.06. The molecule has 1 unspecified atom stereocenters. The second-order valence-corrected chi connectivity index (χ2v) is 5.03. The van der Waals surface area contributed by atoms with Crippen LogP contribution < -0.4 is 11.1 Å². The average Bonchev–Trinajstić information content (AvgIpc) is 2.86. The summed E-state index contributed by atoms with van der Waals surface area (Å²) in [6.45, 7) is 4.00. The highest BCUT2D eigenvalue weighted by atomic mass is 32.1. The Morgan fingerprint density at radius 3 is 2.95 bits per heavy atom. The van der Waals surface area contributed by atoms with Crippen LogP contribution in [-0.4, -0.2) is 20.9 Å². The lowest BCUT2D eigenvalue weighted by Crippen LogP contribution is -2.24. The molecule has 3 N–H and O–H groups in total. The Kier molecular flexibility index (Phi) is 4.18. The topological polar surface area (TPSA) is 93.8 Å². The average molecular weight is 277 g/mol. The molecule has 2 rings (SSSR count). The SMILES string of the molecule is Cc1nccc(CNC(=O)c2csc(C(C)N)n2)n1. The normalized spacial score (nSPS) is 12.2. The molecule has 0 radical (unpaired) electrons. The van der Waals surface area contributed by atoms with E-state index in [1.54, 1.807) is 24.6 Å². The van der Waals surface area contributed by atoms with Crippen LogP contribution in [0.2, 0.25) is 0 Å². The lowest BCUT2D eigenvalue weighted by molar-refractivity contribution is 0.0946. The zero-order valence-electron chi connectivity index (χ0n) is 10.8. The predicted octanol–water partition coefficient (Wildman–Crippen LogP) is 1.19. The quantitative estimate of drug-likeness (QED) is 0.875. The molecular formula is C12H15N5OS. The van der Waals surface area contributed by atoms with Gasteiger partial charge in [0.1, 0.15) is 16.5 Å². The fourth-order valence-corrected chi connectivity index (χ4v) is 2.22. The fourth-order valence-electron chi connectivity index (χ4n) is 1.47. The zero-order chi connectivity index (χ0) is 13.8. The van der Waals surface area contributed by atoms with Crippen LogP contribution in [0.4, 0.5) is 0 Å². The molecule has 0 fully saturated rings. The Hall–Kier alpha value is -1.86. The number of nitrogens with two attached hydrogens (primary N) is 1. The summed E-state index contributed by atoms with van der Waals surface area (Å²) in [5, 5.41) is 5.23. The Labute approximate surface area is 115 Å². The summed E-state index contributed by atoms with van der Waals surface area (Å²) < 4.78 is 0. The summed E-state index contributed by atoms with van der Waals surface area (Å²) in [4.78, 5) is 24.3. The number of hydrogen-bond acceptors (Lipinski definition) is 6. The van der Waals surface area contributed by atoms with Gasteiger partial charge in [-0.25, -0.2) is 15.0 Å². The van der Waals surface area contributed by atoms with E-state index in [1.807, 2.05) is 6.92 Å². The lowest BCUT2D eigenvalue weighted by Gasteiger charge is -2.03. The van der Waals surface area contributed by atoms with Gasteiger partial charge in [-0.05, 0) is 19.9 Å². The van der Waals surface area contributed by atoms with Gasteiger partial charge < -0.3 is 11.1 Å². The summed E-state index contributed by atoms with van der Waals surface area (Å²) in [6.07, 6.45) is 1.67. The van der Waals surface area contributed by atoms with Crippen LogP contribution in [0.25, 0.3) is 0 Å². The summed E-state index contributed by atoms with van der Waals surface area (Å²) in [5.41, 5.74) is 6.87. The molecule has 19 heavy (non-hydrogen) atoms. The molecule has 2 aromatic heterocycles. The highest BCUT2D eigenvalue weighted by molar-refractivity contribution is 7.09. The molecule has 100 valence electrons. The predicted molar refractivity (Wildman–Crippen MR) is 72.7 cm³/mol. The van der Waals surface area contributed by atoms with Crippen molar-refractivity contribution in [3.8, 4) is 0 Å². The van der Waals surface area contributed by atoms with E-state index in [0.717, 1.165) is 10.7 Å². The van der Waals surface area contributed by atoms with Crippen molar-refractivity contribution in [2.24, 2.45) is 5.73 Å². The minimum atomic E-state index is -0.223. The number of carbonyl (C=O) groups is 1. The highest BCUT2D eigenvalue weighted by Crippen LogP contribution is 2.15. The third kappa shape index (κ3) is 3.55. The standard InChI is InChI=1S/C12H15N5OS/c1-7(13)12-17-10(6-19-12)11(18)15-5-9-3-4-14-8(2)16-9/h3-4,6-7H,5,13H2,1-2H3,(H,15,18). The molecule has 0 spiro atoms. The third-order valence-corrected chi connectivity index (χ3v) is 3.45. The molecule has 0 aliphatic rings. The molecule has 2 aromatic rings. The van der Waals surface area contributed by atoms with Crippen molar-refractivity contribution < 1.29 is 4.79 Å². The number of hydrogen-bond donors (Lipinski definition) is 2. The number of amides is 1. The molecule has 6 nitrogen and oxygen atoms in total. The van der Waals surface area contributed by atoms with E-state index >= 15 is 0 Å². The summed E-state index contributed by atoms with van der Waals surface area (Å²) in [6, 6.07) is 1.61. The maximum absolute atomic E-state index is 11.9. The van der Waals surface area contributed by atoms with Crippen molar-refractivity contribution in [2.45, 2.75) is 26.4 Å². The monoisotopic (exact) mass is 277 g/mol. The van der Waals surface area contributed by atoms with Crippen molar-refractivity contribution >= 4 is 17.2 Å². The van der Waals surface area contributed by atoms with Gasteiger partial charge in [0.2, 0.25) is 0 Å². The molecule has 7 heteroatoms. The maximum atomic E-state index is 11.9. The molecule has 1 atom stereocenters. The van der Waals surface area contributed by atoms with Crippen molar-refractivity contribution in [1.29, 1.82) is 0 Å². The van der Waals surface area contributed by atoms with E-state index in [4.69, 9.17) is 5.73 Å². The number of carbonyl (C=O) groups excluding carboxylic acids is 1. The van der Waals surface area contributed by atoms with Crippen LogP contribution in [0.1, 0.15) is 40.0 Å². The van der Waals surface area contributed by atoms with Crippen molar-refractivity contribution in [2.75, 3.05) is 0 Å². The van der Waals surface area contributed by atoms with Gasteiger partial charge in [0.15, 0.2) is 0 Å². The Bertz CT molecular complexity index is 581. The van der Waals surface area contributed by atoms with E-state index in [-0.39, 0.29) is 11.9 Å². The molecule has 0 aliphatic heterocycles. The summed E-state index contributed by atoms with van der Waals surface area (Å²) >= 11 is 1.39. The third-order valence-electron chi connectivity index (χ3n) is 2.41. The van der Waals surface area contributed by atoms with Crippen molar-refractivity contribution in [3.63, 3.8) is 0 Å². The summed E-state index contributed by atoms with van der Waals surface area (Å²) in [7, 11) is 0. The van der Waals surface area contributed by atoms with Gasteiger partial charge >= 0.3 is 0 Å². The molecule has 0 bridgehead atoms. The number of nitrogens with one attached hydrogen (secondary N) is 1. The number of aromatic nitrogens is 3. The van der Waals surface area contributed by atoms with Gasteiger partial charge in [0.05, 0.1) is 18.3 Å². The Balaban J connectivity index is 1.97. The zero-order valence-corrected chi connectivity index (χ0v) is 11.6. The molecule has 0 aromatic carbocycles. The van der Waals surface area contributed by atoms with Crippen molar-refractivity contribution in [3.05, 3.63) is 39.9 Å². The van der Waals surface area contributed by atoms with Gasteiger partial charge in [0.25, 0.3) is 5.91 Å². The van der Waals surface area contributed by atoms with Crippen LogP contribution in [0.3, 0.4) is 0 Å². The smallest absolute Gasteiger partial charge is 0.271 e. The fraction of sp³-hybridized carbons (Fsp3) is 0.333. The number of thiazole rings is 1. The van der Waals surface area contributed by atoms with E-state index in [2.05, 4.69) is 20.3 Å². The second kappa shape index (κ2) is 5.85. The van der Waals surface area contributed by atoms with Crippen LogP contribution in [-0.2, 0) is 6.54 Å². The first-order valence-corrected chi connectivity index (χ1v) is 6.72. The minimum Gasteiger partial charge on any atom is -0.345 e. The highest BCUT2D eigenvalue weighted by Gasteiger charge is 2.12. The largest absolute Gasteiger partial charge is 0.345 e. The summed E-state index contributed by atoms with van der Waals surface area (Å²) in [5.74, 6) is 0.457. The van der Waals surface area contributed by atoms with E-state index in [0.29, 0.717) is 18.1 Å². The van der Waals surface area contributed by atoms with Crippen LogP contribution >= 0.6 is 11.3 Å². The number of aryl methyl sites for hydroxylation is 1. The van der Waals surface area contributed by atoms with Crippen LogP contribution in [0, 0.1) is 6.92 Å². The molecule has 2 heterocycles. The molecule has 1 amide bonds. The molecule has 0 saturated carbocycles. The first-order valence-electron chi connectivity index (χ1n) is 5.84. The van der Waals surface area contributed by atoms with Gasteiger partial charge in [-0.15, -0.1) is 11.3 Å². The van der Waals surface area contributed by atoms with Crippen LogP contribution in [0.5, 0.6) is 0 Å².